The summed E-state index contributed by atoms with van der Waals surface area (Å²) in [7, 11) is 1.90. The number of rotatable bonds is 3. The van der Waals surface area contributed by atoms with Crippen molar-refractivity contribution >= 4 is 28.6 Å². The number of hydrogen-bond acceptors (Lipinski definition) is 5. The smallest absolute Gasteiger partial charge is 0.273 e. The van der Waals surface area contributed by atoms with Crippen molar-refractivity contribution in [2.75, 3.05) is 6.54 Å². The van der Waals surface area contributed by atoms with Crippen molar-refractivity contribution < 1.29 is 4.79 Å². The van der Waals surface area contributed by atoms with Gasteiger partial charge in [-0.05, 0) is 24.3 Å². The second-order valence-corrected chi connectivity index (χ2v) is 7.42. The van der Waals surface area contributed by atoms with Crippen LogP contribution in [0.4, 0.5) is 0 Å². The molecule has 4 rings (SSSR count). The van der Waals surface area contributed by atoms with Gasteiger partial charge in [-0.25, -0.2) is 4.98 Å². The Morgan fingerprint density at radius 1 is 1.39 bits per heavy atom. The zero-order valence-corrected chi connectivity index (χ0v) is 14.3. The van der Waals surface area contributed by atoms with E-state index < -0.39 is 0 Å². The van der Waals surface area contributed by atoms with Gasteiger partial charge in [-0.15, -0.1) is 22.7 Å². The summed E-state index contributed by atoms with van der Waals surface area (Å²) in [5.74, 6) is 0.0235. The third-order valence-electron chi connectivity index (χ3n) is 4.08. The number of aryl methyl sites for hydroxylation is 1. The molecule has 1 fully saturated rings. The minimum atomic E-state index is 0.0235. The Bertz CT molecular complexity index is 821. The Labute approximate surface area is 142 Å². The lowest BCUT2D eigenvalue weighted by molar-refractivity contribution is 0.0730. The van der Waals surface area contributed by atoms with Crippen molar-refractivity contribution in [3.05, 3.63) is 46.5 Å². The van der Waals surface area contributed by atoms with E-state index in [1.165, 1.54) is 11.3 Å². The van der Waals surface area contributed by atoms with Crippen LogP contribution in [0.15, 0.2) is 35.3 Å². The number of thiazole rings is 1. The molecule has 4 heterocycles. The van der Waals surface area contributed by atoms with Gasteiger partial charge in [0.15, 0.2) is 0 Å². The third-order valence-corrected chi connectivity index (χ3v) is 5.96. The van der Waals surface area contributed by atoms with Gasteiger partial charge in [-0.2, -0.15) is 5.10 Å². The van der Waals surface area contributed by atoms with Gasteiger partial charge < -0.3 is 4.90 Å². The van der Waals surface area contributed by atoms with Gasteiger partial charge in [0.1, 0.15) is 10.7 Å². The minimum absolute atomic E-state index is 0.0235. The lowest BCUT2D eigenvalue weighted by atomic mass is 10.1. The van der Waals surface area contributed by atoms with E-state index in [-0.39, 0.29) is 11.9 Å². The quantitative estimate of drug-likeness (QED) is 0.730. The summed E-state index contributed by atoms with van der Waals surface area (Å²) in [6.45, 7) is 0.782. The van der Waals surface area contributed by atoms with Crippen molar-refractivity contribution in [1.29, 1.82) is 0 Å². The second-order valence-electron chi connectivity index (χ2n) is 5.62. The summed E-state index contributed by atoms with van der Waals surface area (Å²) < 4.78 is 1.79. The predicted molar refractivity (Wildman–Crippen MR) is 91.6 cm³/mol. The fraction of sp³-hybridized carbons (Fsp3) is 0.312. The molecular formula is C16H16N4OS2. The molecule has 3 aromatic heterocycles. The molecule has 0 radical (unpaired) electrons. The van der Waals surface area contributed by atoms with Crippen LogP contribution >= 0.6 is 22.7 Å². The van der Waals surface area contributed by atoms with E-state index in [0.717, 1.165) is 34.8 Å². The average Bonchev–Trinajstić information content (AvgIpc) is 3.31. The first-order valence-electron chi connectivity index (χ1n) is 7.51. The van der Waals surface area contributed by atoms with Crippen molar-refractivity contribution in [3.8, 4) is 9.88 Å². The molecule has 0 bridgehead atoms. The standard InChI is InChI=1S/C16H16N4OS2/c1-19-9-11(8-17-19)13-4-2-6-20(13)16(21)12-10-23-15(18-12)14-5-3-7-22-14/h3,5,7-10,13H,2,4,6H2,1H3/t13-/m1/s1. The lowest BCUT2D eigenvalue weighted by Gasteiger charge is -2.22. The zero-order valence-electron chi connectivity index (χ0n) is 12.7. The van der Waals surface area contributed by atoms with Crippen molar-refractivity contribution in [2.45, 2.75) is 18.9 Å². The normalized spacial score (nSPS) is 17.8. The van der Waals surface area contributed by atoms with Crippen molar-refractivity contribution in [3.63, 3.8) is 0 Å². The molecule has 5 nitrogen and oxygen atoms in total. The first-order chi connectivity index (χ1) is 11.2. The van der Waals surface area contributed by atoms with Crippen LogP contribution in [0.2, 0.25) is 0 Å². The maximum absolute atomic E-state index is 12.9. The molecule has 1 amide bonds. The maximum atomic E-state index is 12.9. The summed E-state index contributed by atoms with van der Waals surface area (Å²) in [4.78, 5) is 20.5. The number of hydrogen-bond donors (Lipinski definition) is 0. The molecule has 1 saturated heterocycles. The van der Waals surface area contributed by atoms with Crippen LogP contribution in [-0.4, -0.2) is 32.1 Å². The van der Waals surface area contributed by atoms with Crippen molar-refractivity contribution in [2.24, 2.45) is 7.05 Å². The Kier molecular flexibility index (Phi) is 3.74. The largest absolute Gasteiger partial charge is 0.330 e. The third kappa shape index (κ3) is 2.70. The van der Waals surface area contributed by atoms with Gasteiger partial charge in [-0.1, -0.05) is 6.07 Å². The summed E-state index contributed by atoms with van der Waals surface area (Å²) in [6, 6.07) is 4.15. The molecule has 1 aliphatic heterocycles. The molecule has 0 aromatic carbocycles. The number of nitrogens with zero attached hydrogens (tertiary/aromatic N) is 4. The Balaban J connectivity index is 1.58. The number of amides is 1. The van der Waals surface area contributed by atoms with Crippen LogP contribution in [0.5, 0.6) is 0 Å². The molecule has 3 aromatic rings. The number of carbonyl (C=O) groups excluding carboxylic acids is 1. The first kappa shape index (κ1) is 14.6. The van der Waals surface area contributed by atoms with Gasteiger partial charge in [0.05, 0.1) is 17.1 Å². The molecule has 23 heavy (non-hydrogen) atoms. The van der Waals surface area contributed by atoms with E-state index in [0.29, 0.717) is 5.69 Å². The highest BCUT2D eigenvalue weighted by Gasteiger charge is 2.32. The fourth-order valence-corrected chi connectivity index (χ4v) is 4.61. The van der Waals surface area contributed by atoms with Gasteiger partial charge in [0, 0.05) is 30.7 Å². The predicted octanol–water partition coefficient (Wildman–Crippen LogP) is 3.58. The van der Waals surface area contributed by atoms with Crippen LogP contribution in [-0.2, 0) is 7.05 Å². The van der Waals surface area contributed by atoms with E-state index in [4.69, 9.17) is 0 Å². The number of thiophene rings is 1. The SMILES string of the molecule is Cn1cc([C@H]2CCCN2C(=O)c2csc(-c3cccs3)n2)cn1. The van der Waals surface area contributed by atoms with E-state index in [9.17, 15) is 4.79 Å². The van der Waals surface area contributed by atoms with Crippen LogP contribution in [0.3, 0.4) is 0 Å². The highest BCUT2D eigenvalue weighted by molar-refractivity contribution is 7.20. The van der Waals surface area contributed by atoms with Crippen LogP contribution in [0.25, 0.3) is 9.88 Å². The van der Waals surface area contributed by atoms with Crippen LogP contribution in [0, 0.1) is 0 Å². The summed E-state index contributed by atoms with van der Waals surface area (Å²) in [6.07, 6.45) is 5.86. The molecule has 0 saturated carbocycles. The average molecular weight is 344 g/mol. The van der Waals surface area contributed by atoms with Gasteiger partial charge in [0.2, 0.25) is 0 Å². The minimum Gasteiger partial charge on any atom is -0.330 e. The van der Waals surface area contributed by atoms with E-state index >= 15 is 0 Å². The molecule has 7 heteroatoms. The number of carbonyl (C=O) groups is 1. The highest BCUT2D eigenvalue weighted by Crippen LogP contribution is 2.34. The summed E-state index contributed by atoms with van der Waals surface area (Å²) in [5, 5.41) is 9.05. The Hall–Kier alpha value is -1.99. The second kappa shape index (κ2) is 5.90. The van der Waals surface area contributed by atoms with Gasteiger partial charge in [-0.3, -0.25) is 9.48 Å². The molecule has 0 unspecified atom stereocenters. The zero-order chi connectivity index (χ0) is 15.8. The van der Waals surface area contributed by atoms with Gasteiger partial charge >= 0.3 is 0 Å². The molecule has 0 spiro atoms. The van der Waals surface area contributed by atoms with Crippen LogP contribution < -0.4 is 0 Å². The lowest BCUT2D eigenvalue weighted by Crippen LogP contribution is -2.30. The number of likely N-dealkylation sites (tertiary alicyclic amines) is 1. The molecule has 0 N–H and O–H groups in total. The maximum Gasteiger partial charge on any atom is 0.273 e. The van der Waals surface area contributed by atoms with Gasteiger partial charge in [0.25, 0.3) is 5.91 Å². The van der Waals surface area contributed by atoms with E-state index in [1.54, 1.807) is 16.0 Å². The number of aromatic nitrogens is 3. The molecule has 0 aliphatic carbocycles. The molecular weight excluding hydrogens is 328 g/mol. The highest BCUT2D eigenvalue weighted by atomic mass is 32.1. The summed E-state index contributed by atoms with van der Waals surface area (Å²) in [5.41, 5.74) is 1.65. The topological polar surface area (TPSA) is 51.0 Å². The molecule has 1 aliphatic rings. The summed E-state index contributed by atoms with van der Waals surface area (Å²) >= 11 is 3.18. The monoisotopic (exact) mass is 344 g/mol. The molecule has 118 valence electrons. The fourth-order valence-electron chi connectivity index (χ4n) is 3.00. The molecule has 1 atom stereocenters. The first-order valence-corrected chi connectivity index (χ1v) is 9.27. The van der Waals surface area contributed by atoms with Crippen LogP contribution in [0.1, 0.15) is 34.9 Å². The Morgan fingerprint density at radius 3 is 3.04 bits per heavy atom. The van der Waals surface area contributed by atoms with E-state index in [1.807, 2.05) is 47.2 Å². The van der Waals surface area contributed by atoms with Crippen molar-refractivity contribution in [1.82, 2.24) is 19.7 Å². The van der Waals surface area contributed by atoms with E-state index in [2.05, 4.69) is 10.1 Å². The Morgan fingerprint density at radius 2 is 2.30 bits per heavy atom.